The maximum absolute atomic E-state index is 5.91. The largest absolute Gasteiger partial charge is 0.464 e. The van der Waals surface area contributed by atoms with Gasteiger partial charge in [-0.2, -0.15) is 15.0 Å². The molecule has 1 aromatic heterocycles. The second-order valence-corrected chi connectivity index (χ2v) is 5.65. The van der Waals surface area contributed by atoms with Crippen LogP contribution in [0.1, 0.15) is 33.6 Å². The maximum atomic E-state index is 5.91. The topological polar surface area (TPSA) is 51.1 Å². The number of aromatic nitrogens is 3. The number of hydrogen-bond donors (Lipinski definition) is 0. The van der Waals surface area contributed by atoms with Crippen LogP contribution in [0.3, 0.4) is 0 Å². The van der Waals surface area contributed by atoms with Crippen molar-refractivity contribution in [2.45, 2.75) is 33.6 Å². The van der Waals surface area contributed by atoms with E-state index in [1.54, 1.807) is 0 Å². The first-order valence-corrected chi connectivity index (χ1v) is 6.67. The summed E-state index contributed by atoms with van der Waals surface area (Å²) in [6.45, 7) is 8.80. The summed E-state index contributed by atoms with van der Waals surface area (Å²) >= 11 is 5.91. The zero-order chi connectivity index (χ0) is 13.2. The van der Waals surface area contributed by atoms with E-state index in [0.29, 0.717) is 18.6 Å². The second kappa shape index (κ2) is 5.26. The van der Waals surface area contributed by atoms with Crippen LogP contribution in [0.4, 0.5) is 5.95 Å². The minimum Gasteiger partial charge on any atom is -0.464 e. The normalized spacial score (nSPS) is 18.8. The summed E-state index contributed by atoms with van der Waals surface area (Å²) in [5.74, 6) is 0.617. The number of hydrogen-bond acceptors (Lipinski definition) is 5. The fourth-order valence-electron chi connectivity index (χ4n) is 2.25. The summed E-state index contributed by atoms with van der Waals surface area (Å²) < 4.78 is 5.30. The lowest BCUT2D eigenvalue weighted by molar-refractivity contribution is 0.287. The molecule has 5 nitrogen and oxygen atoms in total. The van der Waals surface area contributed by atoms with Crippen molar-refractivity contribution in [1.82, 2.24) is 15.0 Å². The van der Waals surface area contributed by atoms with Crippen molar-refractivity contribution >= 4 is 17.5 Å². The van der Waals surface area contributed by atoms with Crippen LogP contribution in [-0.2, 0) is 0 Å². The third-order valence-corrected chi connectivity index (χ3v) is 3.20. The molecule has 100 valence electrons. The molecular formula is C12H19ClN4O. The Morgan fingerprint density at radius 2 is 2.11 bits per heavy atom. The predicted molar refractivity (Wildman–Crippen MR) is 71.2 cm³/mol. The van der Waals surface area contributed by atoms with E-state index in [1.807, 2.05) is 6.92 Å². The Hall–Kier alpha value is -1.10. The van der Waals surface area contributed by atoms with Gasteiger partial charge in [-0.3, -0.25) is 0 Å². The van der Waals surface area contributed by atoms with Crippen molar-refractivity contribution in [1.29, 1.82) is 0 Å². The van der Waals surface area contributed by atoms with Crippen LogP contribution in [0.2, 0.25) is 5.28 Å². The molecule has 0 saturated carbocycles. The van der Waals surface area contributed by atoms with Gasteiger partial charge in [-0.1, -0.05) is 13.8 Å². The molecule has 0 radical (unpaired) electrons. The highest BCUT2D eigenvalue weighted by atomic mass is 35.5. The van der Waals surface area contributed by atoms with Gasteiger partial charge >= 0.3 is 6.01 Å². The molecule has 0 aromatic carbocycles. The van der Waals surface area contributed by atoms with Crippen molar-refractivity contribution in [2.24, 2.45) is 5.41 Å². The summed E-state index contributed by atoms with van der Waals surface area (Å²) in [7, 11) is 0. The average Bonchev–Trinajstić information content (AvgIpc) is 2.27. The Labute approximate surface area is 113 Å². The van der Waals surface area contributed by atoms with E-state index in [2.05, 4.69) is 33.7 Å². The van der Waals surface area contributed by atoms with E-state index in [1.165, 1.54) is 6.42 Å². The number of nitrogens with zero attached hydrogens (tertiary/aromatic N) is 4. The van der Waals surface area contributed by atoms with Crippen LogP contribution >= 0.6 is 11.6 Å². The molecule has 0 spiro atoms. The molecule has 0 aliphatic carbocycles. The standard InChI is InChI=1S/C12H19ClN4O/c1-4-18-11-15-9(13)14-10(16-11)17-7-5-6-12(2,3)8-17/h4-8H2,1-3H3. The molecule has 0 bridgehead atoms. The number of anilines is 1. The molecule has 1 aromatic rings. The Balaban J connectivity index is 2.21. The molecule has 1 aliphatic rings. The van der Waals surface area contributed by atoms with Gasteiger partial charge in [0.1, 0.15) is 0 Å². The predicted octanol–water partition coefficient (Wildman–Crippen LogP) is 2.55. The summed E-state index contributed by atoms with van der Waals surface area (Å²) in [6.07, 6.45) is 2.36. The molecule has 0 atom stereocenters. The van der Waals surface area contributed by atoms with Gasteiger partial charge < -0.3 is 9.64 Å². The van der Waals surface area contributed by atoms with Gasteiger partial charge in [-0.05, 0) is 36.8 Å². The molecule has 0 N–H and O–H groups in total. The maximum Gasteiger partial charge on any atom is 0.322 e. The molecule has 1 aliphatic heterocycles. The summed E-state index contributed by atoms with van der Waals surface area (Å²) in [6, 6.07) is 0.302. The van der Waals surface area contributed by atoms with Gasteiger partial charge in [0.25, 0.3) is 0 Å². The second-order valence-electron chi connectivity index (χ2n) is 5.31. The highest BCUT2D eigenvalue weighted by molar-refractivity contribution is 6.28. The molecule has 6 heteroatoms. The van der Waals surface area contributed by atoms with Crippen molar-refractivity contribution < 1.29 is 4.74 Å². The van der Waals surface area contributed by atoms with Crippen molar-refractivity contribution in [2.75, 3.05) is 24.6 Å². The highest BCUT2D eigenvalue weighted by Gasteiger charge is 2.28. The van der Waals surface area contributed by atoms with Gasteiger partial charge in [0.15, 0.2) is 0 Å². The summed E-state index contributed by atoms with van der Waals surface area (Å²) in [5.41, 5.74) is 0.281. The third-order valence-electron chi connectivity index (χ3n) is 3.03. The molecule has 0 unspecified atom stereocenters. The molecule has 1 fully saturated rings. The van der Waals surface area contributed by atoms with Gasteiger partial charge in [0.05, 0.1) is 6.61 Å². The first-order chi connectivity index (χ1) is 8.50. The Morgan fingerprint density at radius 3 is 2.78 bits per heavy atom. The lowest BCUT2D eigenvalue weighted by Crippen LogP contribution is -2.41. The fourth-order valence-corrected chi connectivity index (χ4v) is 2.40. The average molecular weight is 271 g/mol. The first-order valence-electron chi connectivity index (χ1n) is 6.29. The lowest BCUT2D eigenvalue weighted by Gasteiger charge is -2.37. The van der Waals surface area contributed by atoms with Gasteiger partial charge in [-0.15, -0.1) is 0 Å². The number of ether oxygens (including phenoxy) is 1. The summed E-state index contributed by atoms with van der Waals surface area (Å²) in [4.78, 5) is 14.6. The molecule has 0 amide bonds. The first kappa shape index (κ1) is 13.3. The van der Waals surface area contributed by atoms with Crippen molar-refractivity contribution in [3.8, 4) is 6.01 Å². The number of piperidine rings is 1. The lowest BCUT2D eigenvalue weighted by atomic mass is 9.84. The minimum atomic E-state index is 0.187. The van der Waals surface area contributed by atoms with Gasteiger partial charge in [0, 0.05) is 13.1 Å². The van der Waals surface area contributed by atoms with Crippen molar-refractivity contribution in [3.05, 3.63) is 5.28 Å². The molecular weight excluding hydrogens is 252 g/mol. The number of rotatable bonds is 3. The Kier molecular flexibility index (Phi) is 3.90. The van der Waals surface area contributed by atoms with Crippen molar-refractivity contribution in [3.63, 3.8) is 0 Å². The van der Waals surface area contributed by atoms with E-state index in [0.717, 1.165) is 19.5 Å². The SMILES string of the molecule is CCOc1nc(Cl)nc(N2CCCC(C)(C)C2)n1. The molecule has 1 saturated heterocycles. The van der Waals surface area contributed by atoms with Crippen LogP contribution in [0.25, 0.3) is 0 Å². The van der Waals surface area contributed by atoms with Crippen LogP contribution < -0.4 is 9.64 Å². The smallest absolute Gasteiger partial charge is 0.322 e. The van der Waals surface area contributed by atoms with Crippen LogP contribution in [-0.4, -0.2) is 34.6 Å². The van der Waals surface area contributed by atoms with E-state index >= 15 is 0 Å². The Bertz CT molecular complexity index is 425. The van der Waals surface area contributed by atoms with Crippen LogP contribution in [0.15, 0.2) is 0 Å². The highest BCUT2D eigenvalue weighted by Crippen LogP contribution is 2.30. The van der Waals surface area contributed by atoms with Crippen LogP contribution in [0, 0.1) is 5.41 Å². The fraction of sp³-hybridized carbons (Fsp3) is 0.750. The Morgan fingerprint density at radius 1 is 1.33 bits per heavy atom. The number of halogens is 1. The zero-order valence-corrected chi connectivity index (χ0v) is 11.9. The van der Waals surface area contributed by atoms with E-state index in [-0.39, 0.29) is 10.7 Å². The van der Waals surface area contributed by atoms with E-state index < -0.39 is 0 Å². The molecule has 18 heavy (non-hydrogen) atoms. The quantitative estimate of drug-likeness (QED) is 0.845. The third kappa shape index (κ3) is 3.22. The molecule has 2 rings (SSSR count). The minimum absolute atomic E-state index is 0.187. The molecule has 2 heterocycles. The monoisotopic (exact) mass is 270 g/mol. The van der Waals surface area contributed by atoms with Crippen LogP contribution in [0.5, 0.6) is 6.01 Å². The van der Waals surface area contributed by atoms with E-state index in [9.17, 15) is 0 Å². The van der Waals surface area contributed by atoms with Gasteiger partial charge in [0.2, 0.25) is 11.2 Å². The van der Waals surface area contributed by atoms with E-state index in [4.69, 9.17) is 16.3 Å². The van der Waals surface area contributed by atoms with Gasteiger partial charge in [-0.25, -0.2) is 0 Å². The zero-order valence-electron chi connectivity index (χ0n) is 11.1. The summed E-state index contributed by atoms with van der Waals surface area (Å²) in [5, 5.41) is 0.187.